The Kier molecular flexibility index (Phi) is 3.75. The lowest BCUT2D eigenvalue weighted by Crippen LogP contribution is -1.62. The van der Waals surface area contributed by atoms with Crippen LogP contribution in [0.4, 0.5) is 4.53 Å². The molecule has 0 radical (unpaired) electrons. The summed E-state index contributed by atoms with van der Waals surface area (Å²) in [5.74, 6) is 0. The molecular weight excluding hydrogens is 87.0 g/mol. The Morgan fingerprint density at radius 1 is 1.50 bits per heavy atom. The molecule has 0 rings (SSSR count). The molecule has 36 valence electrons. The number of hydrogen-bond donors (Lipinski definition) is 0. The fourth-order valence-electron chi connectivity index (χ4n) is 0.0766. The van der Waals surface area contributed by atoms with Gasteiger partial charge in [-0.05, 0) is 0 Å². The van der Waals surface area contributed by atoms with Crippen LogP contribution in [0.25, 0.3) is 0 Å². The summed E-state index contributed by atoms with van der Waals surface area (Å²) in [5.41, 5.74) is 0. The van der Waals surface area contributed by atoms with Crippen molar-refractivity contribution in [1.29, 1.82) is 0 Å². The molecule has 0 aliphatic rings. The van der Waals surface area contributed by atoms with Gasteiger partial charge in [0, 0.05) is 4.53 Å². The van der Waals surface area contributed by atoms with Crippen LogP contribution in [0.1, 0.15) is 0 Å². The van der Waals surface area contributed by atoms with E-state index >= 15 is 0 Å². The van der Waals surface area contributed by atoms with Crippen molar-refractivity contribution < 1.29 is 14.2 Å². The summed E-state index contributed by atoms with van der Waals surface area (Å²) in [7, 11) is 1.40. The predicted octanol–water partition coefficient (Wildman–Crippen LogP) is 1.01. The first-order chi connectivity index (χ1) is 2.91. The van der Waals surface area contributed by atoms with E-state index in [0.717, 1.165) is 12.5 Å². The summed E-state index contributed by atoms with van der Waals surface area (Å²) in [6.45, 7) is 0. The summed E-state index contributed by atoms with van der Waals surface area (Å²) in [6, 6.07) is 0. The maximum Gasteiger partial charge on any atom is 0.170 e. The summed E-state index contributed by atoms with van der Waals surface area (Å²) in [4.78, 5) is 2.98. The second kappa shape index (κ2) is 4.27. The molecule has 0 N–H and O–H groups in total. The average molecular weight is 92.1 g/mol. The van der Waals surface area contributed by atoms with Crippen LogP contribution in [0, 0.1) is 0 Å². The fourth-order valence-corrected chi connectivity index (χ4v) is 0.0766. The molecule has 2 nitrogen and oxygen atoms in total. The lowest BCUT2D eigenvalue weighted by molar-refractivity contribution is -0.0646. The second-order valence-electron chi connectivity index (χ2n) is 0.597. The van der Waals surface area contributed by atoms with Crippen molar-refractivity contribution in [2.45, 2.75) is 0 Å². The Morgan fingerprint density at radius 2 is 2.17 bits per heavy atom. The van der Waals surface area contributed by atoms with Crippen molar-refractivity contribution in [3.05, 3.63) is 12.5 Å². The molecule has 0 aliphatic heterocycles. The Morgan fingerprint density at radius 3 is 2.33 bits per heavy atom. The maximum atomic E-state index is 10.5. The Balaban J connectivity index is 2.73. The van der Waals surface area contributed by atoms with Crippen molar-refractivity contribution in [2.24, 2.45) is 0 Å². The van der Waals surface area contributed by atoms with Crippen LogP contribution in [-0.2, 0) is 9.68 Å². The first kappa shape index (κ1) is 5.27. The second-order valence-corrected chi connectivity index (χ2v) is 0.597. The number of ether oxygens (including phenoxy) is 1. The Bertz CT molecular complexity index is 38.1. The topological polar surface area (TPSA) is 18.5 Å². The van der Waals surface area contributed by atoms with Crippen molar-refractivity contribution in [3.63, 3.8) is 0 Å². The molecule has 0 aromatic rings. The fraction of sp³-hybridized carbons (Fsp3) is 0.333. The number of hydrogen-bond acceptors (Lipinski definition) is 2. The monoisotopic (exact) mass is 92.0 g/mol. The van der Waals surface area contributed by atoms with E-state index in [1.165, 1.54) is 7.11 Å². The highest BCUT2D eigenvalue weighted by atomic mass is 19.3. The first-order valence-electron chi connectivity index (χ1n) is 1.37. The van der Waals surface area contributed by atoms with Gasteiger partial charge in [0.05, 0.1) is 7.11 Å². The Labute approximate surface area is 35.1 Å². The first-order valence-corrected chi connectivity index (χ1v) is 1.37. The molecule has 0 aromatic carbocycles. The van der Waals surface area contributed by atoms with E-state index in [2.05, 4.69) is 9.68 Å². The average Bonchev–Trinajstić information content (AvgIpc) is 1.61. The minimum atomic E-state index is 0.792. The zero-order valence-electron chi connectivity index (χ0n) is 3.35. The standard InChI is InChI=1S/C3H5FO2/c1-5-2-3-6-4/h2-3H,1H3. The van der Waals surface area contributed by atoms with Gasteiger partial charge in [0.15, 0.2) is 6.26 Å². The normalized spacial score (nSPS) is 9.00. The van der Waals surface area contributed by atoms with Crippen molar-refractivity contribution >= 4 is 0 Å². The quantitative estimate of drug-likeness (QED) is 0.473. The molecule has 0 saturated carbocycles. The van der Waals surface area contributed by atoms with Crippen LogP contribution in [0.2, 0.25) is 0 Å². The van der Waals surface area contributed by atoms with E-state index in [1.54, 1.807) is 0 Å². The van der Waals surface area contributed by atoms with E-state index in [4.69, 9.17) is 0 Å². The number of rotatable bonds is 2. The summed E-state index contributed by atoms with van der Waals surface area (Å²) < 4.78 is 14.8. The van der Waals surface area contributed by atoms with E-state index in [-0.39, 0.29) is 0 Å². The highest BCUT2D eigenvalue weighted by Gasteiger charge is 1.60. The van der Waals surface area contributed by atoms with Crippen molar-refractivity contribution in [3.8, 4) is 0 Å². The highest BCUT2D eigenvalue weighted by molar-refractivity contribution is 4.55. The SMILES string of the molecule is COC=COF. The van der Waals surface area contributed by atoms with Gasteiger partial charge < -0.3 is 4.74 Å². The third-order valence-corrected chi connectivity index (χ3v) is 0.243. The van der Waals surface area contributed by atoms with Gasteiger partial charge in [-0.3, -0.25) is 4.94 Å². The number of halogens is 1. The van der Waals surface area contributed by atoms with E-state index in [1.807, 2.05) is 0 Å². The third kappa shape index (κ3) is 3.27. The van der Waals surface area contributed by atoms with E-state index in [9.17, 15) is 4.53 Å². The molecular formula is C3H5FO2. The lowest BCUT2D eigenvalue weighted by atomic mass is 11.1. The van der Waals surface area contributed by atoms with E-state index in [0.29, 0.717) is 0 Å². The molecule has 0 bridgehead atoms. The van der Waals surface area contributed by atoms with Crippen LogP contribution in [0.3, 0.4) is 0 Å². The molecule has 0 heterocycles. The predicted molar refractivity (Wildman–Crippen MR) is 18.3 cm³/mol. The molecule has 0 atom stereocenters. The molecule has 0 aliphatic carbocycles. The van der Waals surface area contributed by atoms with Gasteiger partial charge in [-0.2, -0.15) is 0 Å². The molecule has 0 amide bonds. The molecule has 0 spiro atoms. The van der Waals surface area contributed by atoms with Crippen LogP contribution >= 0.6 is 0 Å². The smallest absolute Gasteiger partial charge is 0.170 e. The van der Waals surface area contributed by atoms with Gasteiger partial charge >= 0.3 is 0 Å². The lowest BCUT2D eigenvalue weighted by Gasteiger charge is -1.78. The van der Waals surface area contributed by atoms with Crippen LogP contribution in [-0.4, -0.2) is 7.11 Å². The zero-order valence-corrected chi connectivity index (χ0v) is 3.35. The molecule has 0 unspecified atom stereocenters. The van der Waals surface area contributed by atoms with E-state index < -0.39 is 0 Å². The van der Waals surface area contributed by atoms with Crippen LogP contribution in [0.5, 0.6) is 0 Å². The van der Waals surface area contributed by atoms with Gasteiger partial charge in [-0.1, -0.05) is 0 Å². The minimum absolute atomic E-state index is 0.792. The molecule has 0 fully saturated rings. The van der Waals surface area contributed by atoms with Gasteiger partial charge in [-0.25, -0.2) is 0 Å². The highest BCUT2D eigenvalue weighted by Crippen LogP contribution is 1.74. The molecule has 6 heavy (non-hydrogen) atoms. The van der Waals surface area contributed by atoms with Gasteiger partial charge in [0.2, 0.25) is 0 Å². The minimum Gasteiger partial charge on any atom is -0.501 e. The number of methoxy groups -OCH3 is 1. The van der Waals surface area contributed by atoms with Crippen LogP contribution in [0.15, 0.2) is 12.5 Å². The zero-order chi connectivity index (χ0) is 4.83. The third-order valence-electron chi connectivity index (χ3n) is 0.243. The largest absolute Gasteiger partial charge is 0.501 e. The Hall–Kier alpha value is -0.730. The van der Waals surface area contributed by atoms with Crippen molar-refractivity contribution in [2.75, 3.05) is 7.11 Å². The summed E-state index contributed by atoms with van der Waals surface area (Å²) >= 11 is 0. The molecule has 3 heteroatoms. The van der Waals surface area contributed by atoms with Crippen molar-refractivity contribution in [1.82, 2.24) is 0 Å². The van der Waals surface area contributed by atoms with Gasteiger partial charge in [0.25, 0.3) is 0 Å². The molecule has 0 aromatic heterocycles. The van der Waals surface area contributed by atoms with Gasteiger partial charge in [0.1, 0.15) is 6.26 Å². The van der Waals surface area contributed by atoms with Gasteiger partial charge in [-0.15, -0.1) is 0 Å². The summed E-state index contributed by atoms with van der Waals surface area (Å²) in [5, 5.41) is 0. The van der Waals surface area contributed by atoms with Crippen LogP contribution < -0.4 is 0 Å². The maximum absolute atomic E-state index is 10.5. The molecule has 0 saturated heterocycles. The summed E-state index contributed by atoms with van der Waals surface area (Å²) in [6.07, 6.45) is 1.88.